The monoisotopic (exact) mass is 186 g/mol. The van der Waals surface area contributed by atoms with Crippen molar-refractivity contribution < 1.29 is 0 Å². The standard InChI is InChI=1S/C14H18/c1-4-8-12(3)11-14-10-7-6-9-13(14)5-2/h5-7,9-11H,3-4,8H2,1-2H3/b13-5-,14-11-. The number of allylic oxidation sites excluding steroid dienone is 1. The molecule has 0 N–H and O–H groups in total. The first-order chi connectivity index (χ1) is 6.77. The molecule has 0 saturated carbocycles. The van der Waals surface area contributed by atoms with Crippen LogP contribution in [0.15, 0.2) is 36.4 Å². The molecule has 0 aromatic heterocycles. The zero-order chi connectivity index (χ0) is 10.4. The van der Waals surface area contributed by atoms with E-state index in [4.69, 9.17) is 0 Å². The van der Waals surface area contributed by atoms with Gasteiger partial charge in [-0.3, -0.25) is 0 Å². The summed E-state index contributed by atoms with van der Waals surface area (Å²) in [6.07, 6.45) is 6.55. The van der Waals surface area contributed by atoms with Gasteiger partial charge in [-0.2, -0.15) is 0 Å². The Morgan fingerprint density at radius 1 is 1.29 bits per heavy atom. The fourth-order valence-electron chi connectivity index (χ4n) is 1.52. The third kappa shape index (κ3) is 2.88. The van der Waals surface area contributed by atoms with Crippen molar-refractivity contribution in [3.8, 4) is 0 Å². The number of hydrogen-bond acceptors (Lipinski definition) is 0. The highest BCUT2D eigenvalue weighted by atomic mass is 13.9. The Balaban J connectivity index is 3.12. The molecule has 0 aliphatic rings. The van der Waals surface area contributed by atoms with Gasteiger partial charge in [0.1, 0.15) is 0 Å². The largest absolute Gasteiger partial charge is 0.0958 e. The van der Waals surface area contributed by atoms with Crippen LogP contribution in [-0.4, -0.2) is 0 Å². The first-order valence-electron chi connectivity index (χ1n) is 5.18. The van der Waals surface area contributed by atoms with Crippen LogP contribution in [0.5, 0.6) is 0 Å². The first kappa shape index (κ1) is 10.8. The van der Waals surface area contributed by atoms with E-state index in [1.807, 2.05) is 0 Å². The molecule has 0 heterocycles. The van der Waals surface area contributed by atoms with E-state index in [1.165, 1.54) is 16.0 Å². The molecule has 0 radical (unpaired) electrons. The molecule has 0 fully saturated rings. The summed E-state index contributed by atoms with van der Waals surface area (Å²) >= 11 is 0. The van der Waals surface area contributed by atoms with Crippen molar-refractivity contribution in [2.24, 2.45) is 0 Å². The summed E-state index contributed by atoms with van der Waals surface area (Å²) in [5.41, 5.74) is 1.21. The van der Waals surface area contributed by atoms with Crippen LogP contribution in [0.1, 0.15) is 26.7 Å². The van der Waals surface area contributed by atoms with Crippen molar-refractivity contribution in [1.29, 1.82) is 0 Å². The lowest BCUT2D eigenvalue weighted by Gasteiger charge is -1.95. The highest BCUT2D eigenvalue weighted by molar-refractivity contribution is 5.45. The Labute approximate surface area is 86.3 Å². The SMILES string of the molecule is C=C(/C=c1/cccc/c1=C/C)CCC. The van der Waals surface area contributed by atoms with Crippen LogP contribution in [0.4, 0.5) is 0 Å². The van der Waals surface area contributed by atoms with Crippen LogP contribution in [0.2, 0.25) is 0 Å². The Bertz CT molecular complexity index is 410. The Morgan fingerprint density at radius 3 is 2.50 bits per heavy atom. The molecular formula is C14H18. The van der Waals surface area contributed by atoms with Crippen molar-refractivity contribution in [3.05, 3.63) is 46.9 Å². The molecule has 0 amide bonds. The van der Waals surface area contributed by atoms with Gasteiger partial charge in [-0.15, -0.1) is 0 Å². The minimum atomic E-state index is 1.08. The minimum Gasteiger partial charge on any atom is -0.0958 e. The normalized spacial score (nSPS) is 13.3. The highest BCUT2D eigenvalue weighted by Crippen LogP contribution is 2.01. The fraction of sp³-hybridized carbons (Fsp3) is 0.286. The lowest BCUT2D eigenvalue weighted by atomic mass is 10.1. The molecule has 74 valence electrons. The third-order valence-electron chi connectivity index (χ3n) is 2.24. The van der Waals surface area contributed by atoms with Crippen molar-refractivity contribution >= 4 is 12.2 Å². The van der Waals surface area contributed by atoms with E-state index in [2.05, 4.69) is 56.8 Å². The zero-order valence-corrected chi connectivity index (χ0v) is 9.09. The second kappa shape index (κ2) is 5.43. The quantitative estimate of drug-likeness (QED) is 0.680. The van der Waals surface area contributed by atoms with E-state index in [-0.39, 0.29) is 0 Å². The van der Waals surface area contributed by atoms with Crippen LogP contribution in [0, 0.1) is 0 Å². The number of benzene rings is 1. The molecule has 0 spiro atoms. The maximum absolute atomic E-state index is 4.05. The molecule has 0 aliphatic heterocycles. The molecule has 0 atom stereocenters. The molecular weight excluding hydrogens is 168 g/mol. The summed E-state index contributed by atoms with van der Waals surface area (Å²) < 4.78 is 0. The predicted octanol–water partition coefficient (Wildman–Crippen LogP) is 2.62. The molecule has 0 bridgehead atoms. The summed E-state index contributed by atoms with van der Waals surface area (Å²) in [5, 5.41) is 2.55. The maximum Gasteiger partial charge on any atom is -0.0185 e. The highest BCUT2D eigenvalue weighted by Gasteiger charge is 1.87. The average molecular weight is 186 g/mol. The van der Waals surface area contributed by atoms with Gasteiger partial charge in [0, 0.05) is 0 Å². The predicted molar refractivity (Wildman–Crippen MR) is 64.3 cm³/mol. The van der Waals surface area contributed by atoms with Crippen LogP contribution >= 0.6 is 0 Å². The molecule has 0 nitrogen and oxygen atoms in total. The third-order valence-corrected chi connectivity index (χ3v) is 2.24. The molecule has 0 saturated heterocycles. The molecule has 1 aromatic carbocycles. The lowest BCUT2D eigenvalue weighted by Crippen LogP contribution is -2.23. The molecule has 1 rings (SSSR count). The van der Waals surface area contributed by atoms with E-state index in [1.54, 1.807) is 0 Å². The minimum absolute atomic E-state index is 1.08. The van der Waals surface area contributed by atoms with E-state index in [0.29, 0.717) is 0 Å². The van der Waals surface area contributed by atoms with E-state index < -0.39 is 0 Å². The Hall–Kier alpha value is -1.30. The Kier molecular flexibility index (Phi) is 4.18. The summed E-state index contributed by atoms with van der Waals surface area (Å²) in [5.74, 6) is 0. The smallest absolute Gasteiger partial charge is 0.0185 e. The molecule has 0 heteroatoms. The van der Waals surface area contributed by atoms with Gasteiger partial charge in [0.05, 0.1) is 0 Å². The van der Waals surface area contributed by atoms with Gasteiger partial charge in [0.2, 0.25) is 0 Å². The fourth-order valence-corrected chi connectivity index (χ4v) is 1.52. The molecule has 14 heavy (non-hydrogen) atoms. The maximum atomic E-state index is 4.05. The lowest BCUT2D eigenvalue weighted by molar-refractivity contribution is 0.938. The first-order valence-corrected chi connectivity index (χ1v) is 5.18. The van der Waals surface area contributed by atoms with Crippen LogP contribution in [0.25, 0.3) is 12.2 Å². The van der Waals surface area contributed by atoms with E-state index in [0.717, 1.165) is 12.8 Å². The van der Waals surface area contributed by atoms with Gasteiger partial charge in [-0.25, -0.2) is 0 Å². The summed E-state index contributed by atoms with van der Waals surface area (Å²) in [4.78, 5) is 0. The van der Waals surface area contributed by atoms with Gasteiger partial charge in [-0.05, 0) is 23.8 Å². The Morgan fingerprint density at radius 2 is 1.93 bits per heavy atom. The van der Waals surface area contributed by atoms with Gasteiger partial charge in [-0.1, -0.05) is 61.9 Å². The van der Waals surface area contributed by atoms with E-state index >= 15 is 0 Å². The summed E-state index contributed by atoms with van der Waals surface area (Å²) in [6, 6.07) is 8.40. The second-order valence-corrected chi connectivity index (χ2v) is 3.47. The van der Waals surface area contributed by atoms with Gasteiger partial charge in [0.25, 0.3) is 0 Å². The molecule has 0 aliphatic carbocycles. The van der Waals surface area contributed by atoms with Gasteiger partial charge >= 0.3 is 0 Å². The average Bonchev–Trinajstić information content (AvgIpc) is 2.19. The number of hydrogen-bond donors (Lipinski definition) is 0. The van der Waals surface area contributed by atoms with Crippen molar-refractivity contribution in [2.75, 3.05) is 0 Å². The van der Waals surface area contributed by atoms with Crippen molar-refractivity contribution in [3.63, 3.8) is 0 Å². The molecule has 1 aromatic rings. The topological polar surface area (TPSA) is 0 Å². The summed E-state index contributed by atoms with van der Waals surface area (Å²) in [7, 11) is 0. The molecule has 0 unspecified atom stereocenters. The van der Waals surface area contributed by atoms with Gasteiger partial charge in [0.15, 0.2) is 0 Å². The van der Waals surface area contributed by atoms with E-state index in [9.17, 15) is 0 Å². The second-order valence-electron chi connectivity index (χ2n) is 3.47. The van der Waals surface area contributed by atoms with Crippen LogP contribution < -0.4 is 10.4 Å². The van der Waals surface area contributed by atoms with Crippen LogP contribution in [0.3, 0.4) is 0 Å². The van der Waals surface area contributed by atoms with Crippen molar-refractivity contribution in [2.45, 2.75) is 26.7 Å². The zero-order valence-electron chi connectivity index (χ0n) is 9.09. The number of rotatable bonds is 3. The summed E-state index contributed by atoms with van der Waals surface area (Å²) in [6.45, 7) is 8.29. The van der Waals surface area contributed by atoms with Crippen LogP contribution in [-0.2, 0) is 0 Å². The van der Waals surface area contributed by atoms with Gasteiger partial charge < -0.3 is 0 Å². The van der Waals surface area contributed by atoms with Crippen molar-refractivity contribution in [1.82, 2.24) is 0 Å².